The van der Waals surface area contributed by atoms with Crippen LogP contribution in [0.3, 0.4) is 0 Å². The molecule has 6 heteroatoms. The first-order valence-electron chi connectivity index (χ1n) is 5.63. The third kappa shape index (κ3) is 2.19. The van der Waals surface area contributed by atoms with Gasteiger partial charge in [0.25, 0.3) is 0 Å². The molecule has 0 aromatic carbocycles. The van der Waals surface area contributed by atoms with Crippen molar-refractivity contribution in [3.8, 4) is 22.5 Å². The van der Waals surface area contributed by atoms with E-state index in [9.17, 15) is 4.39 Å². The highest BCUT2D eigenvalue weighted by molar-refractivity contribution is 9.10. The van der Waals surface area contributed by atoms with Crippen LogP contribution in [0.25, 0.3) is 22.5 Å². The van der Waals surface area contributed by atoms with Gasteiger partial charge in [0.15, 0.2) is 0 Å². The summed E-state index contributed by atoms with van der Waals surface area (Å²) in [5, 5.41) is 4.40. The first kappa shape index (κ1) is 12.1. The molecule has 0 fully saturated rings. The molecular weight excluding hydrogens is 311 g/mol. The van der Waals surface area contributed by atoms with Crippen molar-refractivity contribution < 1.29 is 4.39 Å². The largest absolute Gasteiger partial charge is 0.366 e. The number of aromatic amines is 1. The van der Waals surface area contributed by atoms with Gasteiger partial charge in [0, 0.05) is 41.2 Å². The van der Waals surface area contributed by atoms with Gasteiger partial charge < -0.3 is 4.98 Å². The van der Waals surface area contributed by atoms with Gasteiger partial charge in [-0.15, -0.1) is 0 Å². The fourth-order valence-corrected chi connectivity index (χ4v) is 2.40. The van der Waals surface area contributed by atoms with E-state index < -0.39 is 0 Å². The molecule has 0 bridgehead atoms. The van der Waals surface area contributed by atoms with E-state index in [0.717, 1.165) is 21.3 Å². The maximum atomic E-state index is 12.9. The summed E-state index contributed by atoms with van der Waals surface area (Å²) in [7, 11) is 1.84. The van der Waals surface area contributed by atoms with Gasteiger partial charge in [-0.05, 0) is 28.1 Å². The van der Waals surface area contributed by atoms with Gasteiger partial charge in [-0.2, -0.15) is 5.10 Å². The van der Waals surface area contributed by atoms with E-state index in [4.69, 9.17) is 0 Å². The minimum atomic E-state index is -0.357. The number of hydrogen-bond donors (Lipinski definition) is 1. The number of nitrogens with one attached hydrogen (secondary N) is 1. The van der Waals surface area contributed by atoms with E-state index in [-0.39, 0.29) is 5.82 Å². The average molecular weight is 321 g/mol. The molecule has 0 atom stereocenters. The van der Waals surface area contributed by atoms with Crippen LogP contribution in [0.4, 0.5) is 4.39 Å². The van der Waals surface area contributed by atoms with Crippen LogP contribution in [0, 0.1) is 5.82 Å². The topological polar surface area (TPSA) is 46.5 Å². The molecule has 0 unspecified atom stereocenters. The molecule has 3 rings (SSSR count). The van der Waals surface area contributed by atoms with Crippen LogP contribution in [0.15, 0.2) is 41.4 Å². The van der Waals surface area contributed by atoms with E-state index in [1.165, 1.54) is 12.3 Å². The highest BCUT2D eigenvalue weighted by Gasteiger charge is 2.15. The van der Waals surface area contributed by atoms with Gasteiger partial charge in [-0.3, -0.25) is 9.67 Å². The Kier molecular flexibility index (Phi) is 2.94. The third-order valence-corrected chi connectivity index (χ3v) is 3.44. The molecule has 0 saturated carbocycles. The second kappa shape index (κ2) is 4.62. The molecule has 3 heterocycles. The summed E-state index contributed by atoms with van der Waals surface area (Å²) >= 11 is 3.48. The second-order valence-electron chi connectivity index (χ2n) is 4.14. The number of rotatable bonds is 2. The van der Waals surface area contributed by atoms with Crippen LogP contribution in [0.2, 0.25) is 0 Å². The van der Waals surface area contributed by atoms with E-state index in [0.29, 0.717) is 5.69 Å². The minimum Gasteiger partial charge on any atom is -0.366 e. The SMILES string of the molecule is Cn1cc(-c2c[nH]cc2Br)c(-c2ccc(F)cn2)n1. The predicted octanol–water partition coefficient (Wildman–Crippen LogP) is 3.38. The van der Waals surface area contributed by atoms with Gasteiger partial charge in [0.2, 0.25) is 0 Å². The van der Waals surface area contributed by atoms with Gasteiger partial charge in [-0.25, -0.2) is 4.39 Å². The lowest BCUT2D eigenvalue weighted by Crippen LogP contribution is -1.90. The van der Waals surface area contributed by atoms with Gasteiger partial charge >= 0.3 is 0 Å². The Balaban J connectivity index is 2.17. The zero-order chi connectivity index (χ0) is 13.4. The van der Waals surface area contributed by atoms with Gasteiger partial charge in [0.05, 0.1) is 11.9 Å². The monoisotopic (exact) mass is 320 g/mol. The summed E-state index contributed by atoms with van der Waals surface area (Å²) < 4.78 is 15.6. The number of hydrogen-bond acceptors (Lipinski definition) is 2. The summed E-state index contributed by atoms with van der Waals surface area (Å²) in [6.45, 7) is 0. The zero-order valence-corrected chi connectivity index (χ0v) is 11.6. The number of pyridine rings is 1. The molecule has 0 amide bonds. The molecule has 0 saturated heterocycles. The first-order chi connectivity index (χ1) is 9.15. The number of H-pyrrole nitrogens is 1. The Morgan fingerprint density at radius 2 is 2.11 bits per heavy atom. The molecule has 0 aliphatic heterocycles. The number of halogens is 2. The second-order valence-corrected chi connectivity index (χ2v) is 5.00. The summed E-state index contributed by atoms with van der Waals surface area (Å²) in [5.74, 6) is -0.357. The first-order valence-corrected chi connectivity index (χ1v) is 6.42. The Morgan fingerprint density at radius 1 is 1.26 bits per heavy atom. The molecule has 4 nitrogen and oxygen atoms in total. The quantitative estimate of drug-likeness (QED) is 0.786. The lowest BCUT2D eigenvalue weighted by atomic mass is 10.1. The lowest BCUT2D eigenvalue weighted by molar-refractivity contribution is 0.621. The summed E-state index contributed by atoms with van der Waals surface area (Å²) in [4.78, 5) is 7.11. The molecular formula is C13H10BrFN4. The van der Waals surface area contributed by atoms with E-state index in [1.54, 1.807) is 10.7 Å². The van der Waals surface area contributed by atoms with Crippen LogP contribution in [-0.2, 0) is 7.05 Å². The summed E-state index contributed by atoms with van der Waals surface area (Å²) in [6.07, 6.45) is 6.84. The maximum absolute atomic E-state index is 12.9. The van der Waals surface area contributed by atoms with E-state index >= 15 is 0 Å². The molecule has 3 aromatic heterocycles. The zero-order valence-electron chi connectivity index (χ0n) is 10.1. The Labute approximate surface area is 117 Å². The maximum Gasteiger partial charge on any atom is 0.141 e. The Morgan fingerprint density at radius 3 is 2.74 bits per heavy atom. The molecule has 0 aliphatic rings. The van der Waals surface area contributed by atoms with Crippen LogP contribution in [0.1, 0.15) is 0 Å². The number of nitrogens with zero attached hydrogens (tertiary/aromatic N) is 3. The summed E-state index contributed by atoms with van der Waals surface area (Å²) in [5.41, 5.74) is 3.30. The van der Waals surface area contributed by atoms with Crippen molar-refractivity contribution in [3.05, 3.63) is 47.2 Å². The Bertz CT molecular complexity index is 715. The molecule has 0 radical (unpaired) electrons. The smallest absolute Gasteiger partial charge is 0.141 e. The van der Waals surface area contributed by atoms with Gasteiger partial charge in [0.1, 0.15) is 11.5 Å². The molecule has 1 N–H and O–H groups in total. The molecule has 19 heavy (non-hydrogen) atoms. The van der Waals surface area contributed by atoms with Crippen molar-refractivity contribution in [1.82, 2.24) is 19.7 Å². The molecule has 0 spiro atoms. The minimum absolute atomic E-state index is 0.357. The number of aryl methyl sites for hydroxylation is 1. The van der Waals surface area contributed by atoms with Crippen LogP contribution >= 0.6 is 15.9 Å². The molecule has 3 aromatic rings. The van der Waals surface area contributed by atoms with Crippen LogP contribution in [-0.4, -0.2) is 19.7 Å². The van der Waals surface area contributed by atoms with Crippen molar-refractivity contribution >= 4 is 15.9 Å². The standard InChI is InChI=1S/C13H10BrFN4/c1-19-7-10(9-5-16-6-11(9)14)13(18-19)12-3-2-8(15)4-17-12/h2-7,16H,1H3. The summed E-state index contributed by atoms with van der Waals surface area (Å²) in [6, 6.07) is 3.01. The third-order valence-electron chi connectivity index (χ3n) is 2.78. The van der Waals surface area contributed by atoms with Crippen molar-refractivity contribution in [2.45, 2.75) is 0 Å². The van der Waals surface area contributed by atoms with Crippen LogP contribution in [0.5, 0.6) is 0 Å². The van der Waals surface area contributed by atoms with E-state index in [1.807, 2.05) is 25.6 Å². The highest BCUT2D eigenvalue weighted by Crippen LogP contribution is 2.34. The number of aromatic nitrogens is 4. The highest BCUT2D eigenvalue weighted by atomic mass is 79.9. The van der Waals surface area contributed by atoms with Gasteiger partial charge in [-0.1, -0.05) is 0 Å². The molecule has 96 valence electrons. The van der Waals surface area contributed by atoms with Crippen molar-refractivity contribution in [1.29, 1.82) is 0 Å². The van der Waals surface area contributed by atoms with Crippen molar-refractivity contribution in [3.63, 3.8) is 0 Å². The van der Waals surface area contributed by atoms with Crippen molar-refractivity contribution in [2.24, 2.45) is 7.05 Å². The van der Waals surface area contributed by atoms with Crippen molar-refractivity contribution in [2.75, 3.05) is 0 Å². The normalized spacial score (nSPS) is 10.9. The van der Waals surface area contributed by atoms with E-state index in [2.05, 4.69) is 31.0 Å². The predicted molar refractivity (Wildman–Crippen MR) is 73.9 cm³/mol. The fourth-order valence-electron chi connectivity index (χ4n) is 1.94. The van der Waals surface area contributed by atoms with Crippen LogP contribution < -0.4 is 0 Å². The molecule has 0 aliphatic carbocycles. The average Bonchev–Trinajstić information content (AvgIpc) is 2.96. The fraction of sp³-hybridized carbons (Fsp3) is 0.0769. The Hall–Kier alpha value is -1.95. The lowest BCUT2D eigenvalue weighted by Gasteiger charge is -2.00.